The van der Waals surface area contributed by atoms with Crippen LogP contribution in [0, 0.1) is 0 Å². The summed E-state index contributed by atoms with van der Waals surface area (Å²) < 4.78 is 0. The molecule has 0 saturated carbocycles. The normalized spacial score (nSPS) is 16.5. The summed E-state index contributed by atoms with van der Waals surface area (Å²) in [6.45, 7) is 3.21. The molecular weight excluding hydrogens is 376 g/mol. The van der Waals surface area contributed by atoms with E-state index in [0.717, 1.165) is 18.5 Å². The number of halogens is 1. The highest BCUT2D eigenvalue weighted by molar-refractivity contribution is 5.85. The molecule has 0 fully saturated rings. The van der Waals surface area contributed by atoms with Crippen LogP contribution in [0.15, 0.2) is 54.6 Å². The van der Waals surface area contributed by atoms with Gasteiger partial charge >= 0.3 is 0 Å². The maximum Gasteiger partial charge on any atom is 0.246 e. The number of hydrogen-bond donors (Lipinski definition) is 2. The van der Waals surface area contributed by atoms with Gasteiger partial charge in [-0.3, -0.25) is 4.79 Å². The molecule has 4 rings (SSSR count). The van der Waals surface area contributed by atoms with Crippen molar-refractivity contribution in [3.05, 3.63) is 65.7 Å². The third kappa shape index (κ3) is 4.21. The Morgan fingerprint density at radius 3 is 2.79 bits per heavy atom. The molecule has 28 heavy (non-hydrogen) atoms. The van der Waals surface area contributed by atoms with Gasteiger partial charge in [-0.15, -0.1) is 22.6 Å². The summed E-state index contributed by atoms with van der Waals surface area (Å²) in [7, 11) is 0. The Labute approximate surface area is 169 Å². The zero-order valence-corrected chi connectivity index (χ0v) is 16.4. The van der Waals surface area contributed by atoms with Gasteiger partial charge in [0.1, 0.15) is 6.04 Å². The second-order valence-electron chi connectivity index (χ2n) is 6.68. The van der Waals surface area contributed by atoms with E-state index >= 15 is 0 Å². The Morgan fingerprint density at radius 2 is 1.96 bits per heavy atom. The third-order valence-electron chi connectivity index (χ3n) is 4.88. The van der Waals surface area contributed by atoms with E-state index in [4.69, 9.17) is 0 Å². The monoisotopic (exact) mass is 398 g/mol. The molecule has 2 unspecified atom stereocenters. The van der Waals surface area contributed by atoms with E-state index in [1.807, 2.05) is 36.4 Å². The molecule has 146 valence electrons. The number of fused-ring (bicyclic) bond motifs is 1. The molecule has 2 aromatic carbocycles. The minimum atomic E-state index is -0.534. The number of aromatic nitrogens is 4. The van der Waals surface area contributed by atoms with Crippen LogP contribution in [0.5, 0.6) is 0 Å². The number of tetrazole rings is 1. The van der Waals surface area contributed by atoms with Gasteiger partial charge in [-0.1, -0.05) is 54.6 Å². The Hall–Kier alpha value is -2.77. The number of hydrogen-bond acceptors (Lipinski definition) is 5. The topological polar surface area (TPSA) is 84.7 Å². The molecule has 8 heteroatoms. The van der Waals surface area contributed by atoms with Crippen LogP contribution < -0.4 is 10.6 Å². The predicted octanol–water partition coefficient (Wildman–Crippen LogP) is 2.33. The average molecular weight is 399 g/mol. The number of nitrogens with one attached hydrogen (secondary N) is 2. The second kappa shape index (κ2) is 8.95. The molecule has 2 atom stereocenters. The summed E-state index contributed by atoms with van der Waals surface area (Å²) in [6, 6.07) is 17.5. The van der Waals surface area contributed by atoms with Crippen LogP contribution in [-0.4, -0.2) is 39.2 Å². The molecule has 0 spiro atoms. The molecule has 2 N–H and O–H groups in total. The average Bonchev–Trinajstić information content (AvgIpc) is 3.22. The van der Waals surface area contributed by atoms with Crippen LogP contribution in [0.3, 0.4) is 0 Å². The summed E-state index contributed by atoms with van der Waals surface area (Å²) in [5, 5.41) is 18.9. The first-order valence-corrected chi connectivity index (χ1v) is 9.16. The van der Waals surface area contributed by atoms with E-state index in [-0.39, 0.29) is 24.4 Å². The quantitative estimate of drug-likeness (QED) is 0.689. The van der Waals surface area contributed by atoms with Crippen molar-refractivity contribution >= 4 is 18.3 Å². The Balaban J connectivity index is 0.00000225. The van der Waals surface area contributed by atoms with Crippen LogP contribution in [-0.2, 0) is 11.2 Å². The molecule has 0 bridgehead atoms. The van der Waals surface area contributed by atoms with Gasteiger partial charge in [0.05, 0.1) is 0 Å². The Kier molecular flexibility index (Phi) is 6.38. The van der Waals surface area contributed by atoms with E-state index in [9.17, 15) is 4.79 Å². The molecule has 1 aliphatic heterocycles. The van der Waals surface area contributed by atoms with Crippen molar-refractivity contribution in [2.24, 2.45) is 0 Å². The minimum absolute atomic E-state index is 0. The van der Waals surface area contributed by atoms with Crippen molar-refractivity contribution in [3.8, 4) is 11.4 Å². The van der Waals surface area contributed by atoms with Gasteiger partial charge in [0.25, 0.3) is 0 Å². The molecular formula is C20H23ClN6O. The second-order valence-corrected chi connectivity index (χ2v) is 6.68. The van der Waals surface area contributed by atoms with Gasteiger partial charge in [-0.25, -0.2) is 0 Å². The van der Waals surface area contributed by atoms with Gasteiger partial charge in [0.15, 0.2) is 0 Å². The lowest BCUT2D eigenvalue weighted by atomic mass is 9.94. The molecule has 1 aliphatic rings. The Bertz CT molecular complexity index is 929. The largest absolute Gasteiger partial charge is 0.352 e. The van der Waals surface area contributed by atoms with Crippen molar-refractivity contribution in [1.82, 2.24) is 30.8 Å². The lowest BCUT2D eigenvalue weighted by Crippen LogP contribution is -2.41. The summed E-state index contributed by atoms with van der Waals surface area (Å²) in [5.74, 6) is 0.384. The highest BCUT2D eigenvalue weighted by Crippen LogP contribution is 2.22. The zero-order valence-electron chi connectivity index (χ0n) is 15.6. The standard InChI is InChI=1S/C20H22N6O.ClH/c1-14(26-24-19(23-25-26)16-8-3-2-4-9-16)20(27)22-13-18-17-10-6-5-7-15(17)11-12-21-18;/h2-10,14,18,21H,11-13H2,1H3,(H,22,27);1H. The molecule has 0 aliphatic carbocycles. The summed E-state index contributed by atoms with van der Waals surface area (Å²) in [6.07, 6.45) is 1.02. The number of amides is 1. The number of carbonyl (C=O) groups excluding carboxylic acids is 1. The minimum Gasteiger partial charge on any atom is -0.352 e. The number of nitrogens with zero attached hydrogens (tertiary/aromatic N) is 4. The van der Waals surface area contributed by atoms with Crippen LogP contribution in [0.4, 0.5) is 0 Å². The van der Waals surface area contributed by atoms with Crippen LogP contribution in [0.1, 0.15) is 30.1 Å². The van der Waals surface area contributed by atoms with Gasteiger partial charge in [-0.05, 0) is 36.2 Å². The SMILES string of the molecule is CC(C(=O)NCC1NCCc2ccccc21)n1nnc(-c2ccccc2)n1.Cl. The van der Waals surface area contributed by atoms with Crippen molar-refractivity contribution in [1.29, 1.82) is 0 Å². The Morgan fingerprint density at radius 1 is 1.21 bits per heavy atom. The molecule has 7 nitrogen and oxygen atoms in total. The van der Waals surface area contributed by atoms with Gasteiger partial charge in [0, 0.05) is 18.2 Å². The van der Waals surface area contributed by atoms with Crippen LogP contribution >= 0.6 is 12.4 Å². The van der Waals surface area contributed by atoms with Gasteiger partial charge in [-0.2, -0.15) is 4.80 Å². The van der Waals surface area contributed by atoms with Crippen molar-refractivity contribution in [2.75, 3.05) is 13.1 Å². The first-order chi connectivity index (χ1) is 13.2. The van der Waals surface area contributed by atoms with Gasteiger partial charge < -0.3 is 10.6 Å². The molecule has 0 radical (unpaired) electrons. The fourth-order valence-electron chi connectivity index (χ4n) is 3.32. The highest BCUT2D eigenvalue weighted by Gasteiger charge is 2.23. The number of carbonyl (C=O) groups is 1. The first-order valence-electron chi connectivity index (χ1n) is 9.16. The van der Waals surface area contributed by atoms with E-state index in [1.54, 1.807) is 6.92 Å². The highest BCUT2D eigenvalue weighted by atomic mass is 35.5. The molecule has 1 amide bonds. The molecule has 1 aromatic heterocycles. The summed E-state index contributed by atoms with van der Waals surface area (Å²) in [5.41, 5.74) is 3.47. The maximum absolute atomic E-state index is 12.6. The van der Waals surface area contributed by atoms with E-state index in [0.29, 0.717) is 12.4 Å². The maximum atomic E-state index is 12.6. The first kappa shape index (κ1) is 20.0. The summed E-state index contributed by atoms with van der Waals surface area (Å²) >= 11 is 0. The summed E-state index contributed by atoms with van der Waals surface area (Å²) in [4.78, 5) is 13.9. The lowest BCUT2D eigenvalue weighted by Gasteiger charge is -2.27. The van der Waals surface area contributed by atoms with Crippen molar-refractivity contribution in [2.45, 2.75) is 25.4 Å². The zero-order chi connectivity index (χ0) is 18.6. The van der Waals surface area contributed by atoms with Crippen LogP contribution in [0.25, 0.3) is 11.4 Å². The van der Waals surface area contributed by atoms with Crippen molar-refractivity contribution in [3.63, 3.8) is 0 Å². The number of benzene rings is 2. The third-order valence-corrected chi connectivity index (χ3v) is 4.88. The lowest BCUT2D eigenvalue weighted by molar-refractivity contribution is -0.124. The molecule has 2 heterocycles. The fourth-order valence-corrected chi connectivity index (χ4v) is 3.32. The van der Waals surface area contributed by atoms with Gasteiger partial charge in [0.2, 0.25) is 11.7 Å². The fraction of sp³-hybridized carbons (Fsp3) is 0.300. The smallest absolute Gasteiger partial charge is 0.246 e. The van der Waals surface area contributed by atoms with E-state index < -0.39 is 6.04 Å². The van der Waals surface area contributed by atoms with E-state index in [1.165, 1.54) is 15.9 Å². The van der Waals surface area contributed by atoms with Crippen molar-refractivity contribution < 1.29 is 4.79 Å². The van der Waals surface area contributed by atoms with Crippen LogP contribution in [0.2, 0.25) is 0 Å². The van der Waals surface area contributed by atoms with E-state index in [2.05, 4.69) is 44.2 Å². The molecule has 3 aromatic rings. The number of rotatable bonds is 5. The predicted molar refractivity (Wildman–Crippen MR) is 109 cm³/mol. The molecule has 0 saturated heterocycles.